The monoisotopic (exact) mass is 492 g/mol. The fourth-order valence-corrected chi connectivity index (χ4v) is 3.21. The van der Waals surface area contributed by atoms with E-state index in [0.717, 1.165) is 5.56 Å². The first kappa shape index (κ1) is 23.3. The Bertz CT molecular complexity index is 924. The first-order chi connectivity index (χ1) is 13.6. The fraction of sp³-hybridized carbons (Fsp3) is 0. The summed E-state index contributed by atoms with van der Waals surface area (Å²) in [4.78, 5) is 0. The lowest BCUT2D eigenvalue weighted by Gasteiger charge is -2.06. The number of benzene rings is 3. The number of phenolic OH excluding ortho intramolecular Hbond substituents is 4. The Labute approximate surface area is 191 Å². The third kappa shape index (κ3) is 6.26. The number of hydrogen-bond acceptors (Lipinski definition) is 4. The summed E-state index contributed by atoms with van der Waals surface area (Å²) < 4.78 is 0. The summed E-state index contributed by atoms with van der Waals surface area (Å²) in [7, 11) is 0. The molecule has 0 bridgehead atoms. The van der Waals surface area contributed by atoms with Crippen molar-refractivity contribution in [3.8, 4) is 23.0 Å². The number of aromatic hydroxyl groups is 4. The molecule has 9 heteroatoms. The van der Waals surface area contributed by atoms with Crippen LogP contribution in [0.3, 0.4) is 0 Å². The molecular weight excluding hydrogens is 481 g/mol. The van der Waals surface area contributed by atoms with E-state index in [9.17, 15) is 15.3 Å². The van der Waals surface area contributed by atoms with Gasteiger partial charge in [0.25, 0.3) is 0 Å². The molecule has 0 aliphatic carbocycles. The van der Waals surface area contributed by atoms with Crippen LogP contribution in [0.1, 0.15) is 11.1 Å². The van der Waals surface area contributed by atoms with Crippen LogP contribution in [0, 0.1) is 0 Å². The van der Waals surface area contributed by atoms with Gasteiger partial charge in [-0.25, -0.2) is 0 Å². The van der Waals surface area contributed by atoms with Gasteiger partial charge in [-0.1, -0.05) is 82.3 Å². The van der Waals surface area contributed by atoms with E-state index >= 15 is 0 Å². The molecule has 29 heavy (non-hydrogen) atoms. The van der Waals surface area contributed by atoms with Gasteiger partial charge in [0, 0.05) is 6.07 Å². The summed E-state index contributed by atoms with van der Waals surface area (Å²) in [5.74, 6) is -0.0967. The molecule has 0 aliphatic rings. The van der Waals surface area contributed by atoms with E-state index < -0.39 is 0 Å². The van der Waals surface area contributed by atoms with Gasteiger partial charge in [0.1, 0.15) is 27.3 Å². The zero-order valence-corrected chi connectivity index (χ0v) is 18.2. The molecule has 0 fully saturated rings. The van der Waals surface area contributed by atoms with Gasteiger partial charge in [0.15, 0.2) is 5.75 Å². The van der Waals surface area contributed by atoms with Crippen molar-refractivity contribution < 1.29 is 20.4 Å². The minimum absolute atomic E-state index is 0.00904. The smallest absolute Gasteiger partial charge is 0.155 e. The van der Waals surface area contributed by atoms with Crippen LogP contribution in [-0.4, -0.2) is 20.4 Å². The number of rotatable bonds is 2. The minimum Gasteiger partial charge on any atom is -0.508 e. The third-order valence-electron chi connectivity index (χ3n) is 3.47. The molecule has 152 valence electrons. The van der Waals surface area contributed by atoms with Crippen LogP contribution >= 0.6 is 58.0 Å². The van der Waals surface area contributed by atoms with Gasteiger partial charge >= 0.3 is 0 Å². The average Bonchev–Trinajstić information content (AvgIpc) is 2.69. The van der Waals surface area contributed by atoms with Gasteiger partial charge in [-0.15, -0.1) is 0 Å². The summed E-state index contributed by atoms with van der Waals surface area (Å²) in [6, 6.07) is 11.1. The lowest BCUT2D eigenvalue weighted by atomic mass is 10.1. The first-order valence-corrected chi connectivity index (χ1v) is 9.69. The van der Waals surface area contributed by atoms with Crippen LogP contribution in [-0.2, 0) is 0 Å². The summed E-state index contributed by atoms with van der Waals surface area (Å²) in [5.41, 5.74) is 1.63. The van der Waals surface area contributed by atoms with Gasteiger partial charge in [0.2, 0.25) is 0 Å². The van der Waals surface area contributed by atoms with Gasteiger partial charge < -0.3 is 20.4 Å². The van der Waals surface area contributed by atoms with Crippen molar-refractivity contribution in [2.24, 2.45) is 0 Å². The number of phenols is 4. The standard InChI is InChI=1S/C14H12O3.C6HCl5O/c15-12-5-3-10(4-6-12)1-2-11-7-13(16)9-14(17)8-11;7-1-2(8)4(10)6(12)5(11)3(1)9/h1-9,15-17H;12H/b2-1+;. The molecule has 3 rings (SSSR count). The normalized spacial score (nSPS) is 10.7. The van der Waals surface area contributed by atoms with E-state index in [0.29, 0.717) is 5.56 Å². The van der Waals surface area contributed by atoms with Crippen LogP contribution in [0.5, 0.6) is 23.0 Å². The van der Waals surface area contributed by atoms with Crippen LogP contribution in [0.4, 0.5) is 0 Å². The molecule has 0 radical (unpaired) electrons. The molecule has 4 nitrogen and oxygen atoms in total. The molecule has 0 saturated heterocycles. The van der Waals surface area contributed by atoms with E-state index in [4.69, 9.17) is 63.1 Å². The highest BCUT2D eigenvalue weighted by molar-refractivity contribution is 6.55. The van der Waals surface area contributed by atoms with Crippen molar-refractivity contribution in [3.63, 3.8) is 0 Å². The highest BCUT2D eigenvalue weighted by Gasteiger charge is 2.18. The van der Waals surface area contributed by atoms with Crippen LogP contribution < -0.4 is 0 Å². The Morgan fingerprint density at radius 3 is 1.38 bits per heavy atom. The van der Waals surface area contributed by atoms with E-state index in [1.54, 1.807) is 42.5 Å². The van der Waals surface area contributed by atoms with Gasteiger partial charge in [0.05, 0.1) is 15.1 Å². The van der Waals surface area contributed by atoms with E-state index in [2.05, 4.69) is 0 Å². The predicted octanol–water partition coefficient (Wildman–Crippen LogP) is 7.63. The van der Waals surface area contributed by atoms with Gasteiger partial charge in [-0.3, -0.25) is 0 Å². The van der Waals surface area contributed by atoms with Crippen LogP contribution in [0.2, 0.25) is 25.1 Å². The molecule has 4 N–H and O–H groups in total. The Balaban J connectivity index is 0.000000221. The summed E-state index contributed by atoms with van der Waals surface area (Å²) >= 11 is 27.9. The second kappa shape index (κ2) is 10.2. The molecule has 3 aromatic rings. The molecule has 0 amide bonds. The Morgan fingerprint density at radius 1 is 0.483 bits per heavy atom. The maximum Gasteiger partial charge on any atom is 0.155 e. The molecule has 0 heterocycles. The molecule has 0 aromatic heterocycles. The Kier molecular flexibility index (Phi) is 8.20. The second-order valence-electron chi connectivity index (χ2n) is 5.63. The van der Waals surface area contributed by atoms with Crippen LogP contribution in [0.15, 0.2) is 42.5 Å². The van der Waals surface area contributed by atoms with Crippen molar-refractivity contribution in [3.05, 3.63) is 78.7 Å². The summed E-state index contributed by atoms with van der Waals surface area (Å²) in [6.07, 6.45) is 3.60. The van der Waals surface area contributed by atoms with Crippen molar-refractivity contribution in [1.82, 2.24) is 0 Å². The Hall–Kier alpha value is -1.95. The summed E-state index contributed by atoms with van der Waals surface area (Å²) in [6.45, 7) is 0. The second-order valence-corrected chi connectivity index (χ2v) is 7.52. The topological polar surface area (TPSA) is 80.9 Å². The van der Waals surface area contributed by atoms with E-state index in [1.807, 2.05) is 6.08 Å². The van der Waals surface area contributed by atoms with Crippen molar-refractivity contribution in [1.29, 1.82) is 0 Å². The predicted molar refractivity (Wildman–Crippen MR) is 120 cm³/mol. The molecule has 0 atom stereocenters. The third-order valence-corrected chi connectivity index (χ3v) is 5.73. The first-order valence-electron chi connectivity index (χ1n) is 7.80. The average molecular weight is 495 g/mol. The van der Waals surface area contributed by atoms with E-state index in [1.165, 1.54) is 6.07 Å². The van der Waals surface area contributed by atoms with E-state index in [-0.39, 0.29) is 48.1 Å². The minimum atomic E-state index is -0.363. The molecule has 0 aliphatic heterocycles. The molecule has 3 aromatic carbocycles. The maximum atomic E-state index is 9.30. The van der Waals surface area contributed by atoms with Crippen molar-refractivity contribution in [2.75, 3.05) is 0 Å². The SMILES string of the molecule is Oc1c(Cl)c(Cl)c(Cl)c(Cl)c1Cl.Oc1ccc(/C=C/c2cc(O)cc(O)c2)cc1. The molecule has 0 unspecified atom stereocenters. The Morgan fingerprint density at radius 2 is 0.897 bits per heavy atom. The largest absolute Gasteiger partial charge is 0.508 e. The molecular formula is C20H13Cl5O4. The highest BCUT2D eigenvalue weighted by atomic mass is 35.5. The van der Waals surface area contributed by atoms with Crippen molar-refractivity contribution in [2.45, 2.75) is 0 Å². The van der Waals surface area contributed by atoms with Crippen molar-refractivity contribution >= 4 is 70.2 Å². The number of halogens is 5. The summed E-state index contributed by atoms with van der Waals surface area (Å²) in [5, 5.41) is 36.7. The maximum absolute atomic E-state index is 9.30. The number of hydrogen-bond donors (Lipinski definition) is 4. The highest BCUT2D eigenvalue weighted by Crippen LogP contribution is 2.47. The van der Waals surface area contributed by atoms with Crippen LogP contribution in [0.25, 0.3) is 12.2 Å². The quantitative estimate of drug-likeness (QED) is 0.168. The van der Waals surface area contributed by atoms with Gasteiger partial charge in [-0.05, 0) is 35.4 Å². The lowest BCUT2D eigenvalue weighted by molar-refractivity contribution is 0.450. The lowest BCUT2D eigenvalue weighted by Crippen LogP contribution is -1.78. The fourth-order valence-electron chi connectivity index (χ4n) is 2.09. The zero-order chi connectivity index (χ0) is 21.7. The zero-order valence-electron chi connectivity index (χ0n) is 14.4. The molecule has 0 spiro atoms. The molecule has 0 saturated carbocycles. The van der Waals surface area contributed by atoms with Gasteiger partial charge in [-0.2, -0.15) is 0 Å².